The fourth-order valence-electron chi connectivity index (χ4n) is 6.33. The summed E-state index contributed by atoms with van der Waals surface area (Å²) in [6, 6.07) is 15.3. The van der Waals surface area contributed by atoms with E-state index in [9.17, 15) is 24.0 Å². The van der Waals surface area contributed by atoms with E-state index >= 15 is 0 Å². The quantitative estimate of drug-likeness (QED) is 0.152. The number of epoxide rings is 1. The van der Waals surface area contributed by atoms with Gasteiger partial charge in [0, 0.05) is 19.5 Å². The molecule has 12 heteroatoms. The summed E-state index contributed by atoms with van der Waals surface area (Å²) in [5.74, 6) is -1.83. The molecule has 52 heavy (non-hydrogen) atoms. The molecule has 284 valence electrons. The molecule has 2 aromatic rings. The Bertz CT molecular complexity index is 1480. The minimum Gasteiger partial charge on any atom is -0.379 e. The average Bonchev–Trinajstić information content (AvgIpc) is 3.87. The van der Waals surface area contributed by atoms with Crippen molar-refractivity contribution in [3.8, 4) is 0 Å². The normalized spacial score (nSPS) is 19.6. The Balaban J connectivity index is 1.51. The van der Waals surface area contributed by atoms with Gasteiger partial charge in [0.15, 0.2) is 5.78 Å². The van der Waals surface area contributed by atoms with Crippen LogP contribution in [0.25, 0.3) is 0 Å². The maximum Gasteiger partial charge on any atom is 0.243 e. The predicted octanol–water partition coefficient (Wildman–Crippen LogP) is 2.58. The standard InChI is InChI=1S/C40H57N5O7/c1-27(2)22-32(36(47)40(5)26-52-40)42-39(50)34(24-30-14-10-7-11-15-30)44-38(49)33(23-28(3)4)43-37(48)31(17-16-29-12-8-6-9-13-29)41-35(46)25-45-18-20-51-21-19-45/h6-15,27-28,31-34H,16-26H2,1-5H3,(H,41,46)(H,42,50)(H,43,48)(H,44,49)/t31-,32-,33?,34-,40-/m0/s1. The summed E-state index contributed by atoms with van der Waals surface area (Å²) < 4.78 is 10.8. The van der Waals surface area contributed by atoms with Crippen LogP contribution in [0.3, 0.4) is 0 Å². The largest absolute Gasteiger partial charge is 0.379 e. The van der Waals surface area contributed by atoms with Crippen LogP contribution in [0.5, 0.6) is 0 Å². The lowest BCUT2D eigenvalue weighted by Gasteiger charge is -2.29. The van der Waals surface area contributed by atoms with E-state index in [0.29, 0.717) is 58.6 Å². The van der Waals surface area contributed by atoms with Gasteiger partial charge >= 0.3 is 0 Å². The van der Waals surface area contributed by atoms with Gasteiger partial charge in [0.05, 0.1) is 32.4 Å². The third-order valence-corrected chi connectivity index (χ3v) is 9.38. The molecular formula is C40H57N5O7. The predicted molar refractivity (Wildman–Crippen MR) is 198 cm³/mol. The summed E-state index contributed by atoms with van der Waals surface area (Å²) in [5, 5.41) is 11.7. The minimum atomic E-state index is -1.03. The minimum absolute atomic E-state index is 0.0171. The zero-order valence-electron chi connectivity index (χ0n) is 31.3. The molecule has 4 rings (SSSR count). The smallest absolute Gasteiger partial charge is 0.243 e. The Morgan fingerprint density at radius 3 is 1.77 bits per heavy atom. The van der Waals surface area contributed by atoms with E-state index in [-0.39, 0.29) is 36.5 Å². The van der Waals surface area contributed by atoms with Crippen molar-refractivity contribution in [3.63, 3.8) is 0 Å². The summed E-state index contributed by atoms with van der Waals surface area (Å²) >= 11 is 0. The van der Waals surface area contributed by atoms with Crippen LogP contribution in [0.1, 0.15) is 65.0 Å². The second-order valence-corrected chi connectivity index (χ2v) is 15.0. The van der Waals surface area contributed by atoms with Crippen molar-refractivity contribution < 1.29 is 33.4 Å². The molecule has 12 nitrogen and oxygen atoms in total. The number of amides is 4. The van der Waals surface area contributed by atoms with Crippen LogP contribution in [-0.2, 0) is 46.3 Å². The van der Waals surface area contributed by atoms with E-state index < -0.39 is 47.5 Å². The van der Waals surface area contributed by atoms with Crippen LogP contribution in [0.15, 0.2) is 60.7 Å². The number of ether oxygens (including phenoxy) is 2. The monoisotopic (exact) mass is 719 g/mol. The highest BCUT2D eigenvalue weighted by Gasteiger charge is 2.50. The van der Waals surface area contributed by atoms with Crippen molar-refractivity contribution in [2.24, 2.45) is 11.8 Å². The van der Waals surface area contributed by atoms with Crippen LogP contribution < -0.4 is 21.3 Å². The highest BCUT2D eigenvalue weighted by Crippen LogP contribution is 2.29. The van der Waals surface area contributed by atoms with Crippen LogP contribution >= 0.6 is 0 Å². The van der Waals surface area contributed by atoms with E-state index in [1.54, 1.807) is 6.92 Å². The fraction of sp³-hybridized carbons (Fsp3) is 0.575. The van der Waals surface area contributed by atoms with Crippen molar-refractivity contribution in [1.82, 2.24) is 26.2 Å². The van der Waals surface area contributed by atoms with Crippen molar-refractivity contribution in [3.05, 3.63) is 71.8 Å². The first-order chi connectivity index (χ1) is 24.8. The third-order valence-electron chi connectivity index (χ3n) is 9.38. The molecule has 2 aliphatic heterocycles. The molecule has 2 aromatic carbocycles. The molecule has 0 bridgehead atoms. The van der Waals surface area contributed by atoms with Gasteiger partial charge in [0.2, 0.25) is 23.6 Å². The van der Waals surface area contributed by atoms with E-state index in [1.165, 1.54) is 0 Å². The molecule has 5 atom stereocenters. The summed E-state index contributed by atoms with van der Waals surface area (Å²) in [4.78, 5) is 70.5. The second kappa shape index (κ2) is 19.6. The molecule has 4 amide bonds. The molecule has 1 unspecified atom stereocenters. The Labute approximate surface area is 308 Å². The van der Waals surface area contributed by atoms with Gasteiger partial charge < -0.3 is 30.7 Å². The molecule has 2 heterocycles. The third kappa shape index (κ3) is 13.1. The first-order valence-corrected chi connectivity index (χ1v) is 18.6. The lowest BCUT2D eigenvalue weighted by atomic mass is 9.93. The molecule has 0 saturated carbocycles. The van der Waals surface area contributed by atoms with Gasteiger partial charge in [0.25, 0.3) is 0 Å². The van der Waals surface area contributed by atoms with E-state index in [4.69, 9.17) is 9.47 Å². The van der Waals surface area contributed by atoms with Crippen LogP contribution in [0.2, 0.25) is 0 Å². The van der Waals surface area contributed by atoms with Crippen molar-refractivity contribution >= 4 is 29.4 Å². The van der Waals surface area contributed by atoms with Gasteiger partial charge in [-0.3, -0.25) is 28.9 Å². The Kier molecular flexibility index (Phi) is 15.3. The maximum absolute atomic E-state index is 14.1. The zero-order chi connectivity index (χ0) is 37.7. The van der Waals surface area contributed by atoms with Gasteiger partial charge in [-0.05, 0) is 55.6 Å². The topological polar surface area (TPSA) is 158 Å². The number of hydrogen-bond acceptors (Lipinski definition) is 8. The molecule has 0 radical (unpaired) electrons. The number of nitrogens with zero attached hydrogens (tertiary/aromatic N) is 1. The number of carbonyl (C=O) groups excluding carboxylic acids is 5. The highest BCUT2D eigenvalue weighted by atomic mass is 16.6. The molecule has 2 aliphatic rings. The van der Waals surface area contributed by atoms with E-state index in [1.807, 2.05) is 93.3 Å². The van der Waals surface area contributed by atoms with E-state index in [2.05, 4.69) is 21.3 Å². The molecule has 2 fully saturated rings. The SMILES string of the molecule is CC(C)CC(NC(=O)[C@H](CCc1ccccc1)NC(=O)CN1CCOCC1)C(=O)N[C@@H](Cc1ccccc1)C(=O)N[C@@H](CC(C)C)C(=O)[C@]1(C)CO1. The zero-order valence-corrected chi connectivity index (χ0v) is 31.3. The average molecular weight is 720 g/mol. The van der Waals surface area contributed by atoms with Crippen molar-refractivity contribution in [2.45, 2.75) is 96.5 Å². The number of ketones is 1. The number of benzene rings is 2. The second-order valence-electron chi connectivity index (χ2n) is 15.0. The molecule has 0 spiro atoms. The lowest BCUT2D eigenvalue weighted by Crippen LogP contribution is -2.59. The number of carbonyl (C=O) groups is 5. The number of nitrogens with one attached hydrogen (secondary N) is 4. The molecule has 0 aliphatic carbocycles. The highest BCUT2D eigenvalue weighted by molar-refractivity contribution is 5.98. The van der Waals surface area contributed by atoms with Gasteiger partial charge in [-0.2, -0.15) is 0 Å². The lowest BCUT2D eigenvalue weighted by molar-refractivity contribution is -0.135. The number of hydrogen-bond donors (Lipinski definition) is 4. The molecule has 0 aromatic heterocycles. The van der Waals surface area contributed by atoms with Crippen molar-refractivity contribution in [1.29, 1.82) is 0 Å². The van der Waals surface area contributed by atoms with Gasteiger partial charge in [-0.25, -0.2) is 0 Å². The van der Waals surface area contributed by atoms with E-state index in [0.717, 1.165) is 11.1 Å². The van der Waals surface area contributed by atoms with Crippen molar-refractivity contribution in [2.75, 3.05) is 39.5 Å². The number of Topliss-reactive ketones (excluding diaryl/α,β-unsaturated/α-hetero) is 1. The first-order valence-electron chi connectivity index (χ1n) is 18.6. The summed E-state index contributed by atoms with van der Waals surface area (Å²) in [6.07, 6.45) is 1.76. The Morgan fingerprint density at radius 2 is 1.19 bits per heavy atom. The molecule has 2 saturated heterocycles. The van der Waals surface area contributed by atoms with Crippen LogP contribution in [-0.4, -0.2) is 104 Å². The Morgan fingerprint density at radius 1 is 0.692 bits per heavy atom. The Hall–Kier alpha value is -4.13. The summed E-state index contributed by atoms with van der Waals surface area (Å²) in [5.41, 5.74) is 0.915. The summed E-state index contributed by atoms with van der Waals surface area (Å²) in [7, 11) is 0. The maximum atomic E-state index is 14.1. The van der Waals surface area contributed by atoms with Crippen LogP contribution in [0.4, 0.5) is 0 Å². The van der Waals surface area contributed by atoms with Gasteiger partial charge in [0.1, 0.15) is 23.7 Å². The molecule has 4 N–H and O–H groups in total. The number of morpholine rings is 1. The fourth-order valence-corrected chi connectivity index (χ4v) is 6.33. The molecular weight excluding hydrogens is 662 g/mol. The van der Waals surface area contributed by atoms with Gasteiger partial charge in [-0.1, -0.05) is 88.4 Å². The van der Waals surface area contributed by atoms with Gasteiger partial charge in [-0.15, -0.1) is 0 Å². The first kappa shape index (κ1) is 40.6. The number of aryl methyl sites for hydroxylation is 1. The summed E-state index contributed by atoms with van der Waals surface area (Å²) in [6.45, 7) is 12.3. The number of rotatable bonds is 20. The van der Waals surface area contributed by atoms with Crippen LogP contribution in [0, 0.1) is 11.8 Å².